The first-order valence-corrected chi connectivity index (χ1v) is 6.54. The third-order valence-corrected chi connectivity index (χ3v) is 3.08. The van der Waals surface area contributed by atoms with Gasteiger partial charge in [0.25, 0.3) is 0 Å². The highest BCUT2D eigenvalue weighted by Crippen LogP contribution is 2.24. The molecule has 17 heavy (non-hydrogen) atoms. The van der Waals surface area contributed by atoms with Crippen molar-refractivity contribution < 1.29 is 5.11 Å². The Bertz CT molecular complexity index is 323. The fourth-order valence-electron chi connectivity index (χ4n) is 2.16. The molecular weight excluding hydrogens is 212 g/mol. The second-order valence-electron chi connectivity index (χ2n) is 4.38. The zero-order chi connectivity index (χ0) is 12.8. The molecule has 3 heteroatoms. The maximum absolute atomic E-state index is 9.55. The van der Waals surface area contributed by atoms with Crippen LogP contribution in [0.15, 0.2) is 18.3 Å². The van der Waals surface area contributed by atoms with Crippen LogP contribution in [-0.4, -0.2) is 28.8 Å². The molecule has 0 spiro atoms. The van der Waals surface area contributed by atoms with Gasteiger partial charge in [-0.15, -0.1) is 0 Å². The third-order valence-electron chi connectivity index (χ3n) is 3.08. The number of anilines is 1. The van der Waals surface area contributed by atoms with Crippen molar-refractivity contribution in [2.45, 2.75) is 52.7 Å². The average molecular weight is 236 g/mol. The summed E-state index contributed by atoms with van der Waals surface area (Å²) in [6.07, 6.45) is 3.50. The van der Waals surface area contributed by atoms with Crippen LogP contribution >= 0.6 is 0 Å². The Morgan fingerprint density at radius 2 is 2.06 bits per heavy atom. The molecule has 1 saturated heterocycles. The SMILES string of the molecule is CC.Cc1ccc(N2CCC(O)CC2C)cn1. The smallest absolute Gasteiger partial charge is 0.0576 e. The van der Waals surface area contributed by atoms with Gasteiger partial charge in [-0.05, 0) is 38.8 Å². The molecule has 0 bridgehead atoms. The largest absolute Gasteiger partial charge is 0.393 e. The van der Waals surface area contributed by atoms with Gasteiger partial charge < -0.3 is 10.0 Å². The van der Waals surface area contributed by atoms with Gasteiger partial charge in [-0.2, -0.15) is 0 Å². The van der Waals surface area contributed by atoms with Crippen molar-refractivity contribution >= 4 is 5.69 Å². The van der Waals surface area contributed by atoms with Crippen molar-refractivity contribution in [3.8, 4) is 0 Å². The molecule has 0 aromatic carbocycles. The van der Waals surface area contributed by atoms with E-state index in [1.807, 2.05) is 33.0 Å². The number of pyridine rings is 1. The molecule has 0 aliphatic carbocycles. The van der Waals surface area contributed by atoms with Crippen LogP contribution in [0.4, 0.5) is 5.69 Å². The summed E-state index contributed by atoms with van der Waals surface area (Å²) in [4.78, 5) is 6.62. The van der Waals surface area contributed by atoms with E-state index < -0.39 is 0 Å². The Morgan fingerprint density at radius 3 is 2.59 bits per heavy atom. The molecule has 1 aliphatic rings. The molecule has 2 heterocycles. The van der Waals surface area contributed by atoms with E-state index >= 15 is 0 Å². The zero-order valence-corrected chi connectivity index (χ0v) is 11.3. The van der Waals surface area contributed by atoms with Gasteiger partial charge in [-0.1, -0.05) is 13.8 Å². The summed E-state index contributed by atoms with van der Waals surface area (Å²) in [5, 5.41) is 9.55. The number of aliphatic hydroxyl groups excluding tert-OH is 1. The number of piperidine rings is 1. The normalized spacial score (nSPS) is 23.9. The van der Waals surface area contributed by atoms with Crippen LogP contribution in [0, 0.1) is 6.92 Å². The quantitative estimate of drug-likeness (QED) is 0.814. The van der Waals surface area contributed by atoms with Crippen LogP contribution < -0.4 is 4.90 Å². The lowest BCUT2D eigenvalue weighted by Crippen LogP contribution is -2.42. The summed E-state index contributed by atoms with van der Waals surface area (Å²) < 4.78 is 0. The van der Waals surface area contributed by atoms with Crippen LogP contribution in [-0.2, 0) is 0 Å². The van der Waals surface area contributed by atoms with E-state index in [-0.39, 0.29) is 6.10 Å². The van der Waals surface area contributed by atoms with E-state index in [1.54, 1.807) is 0 Å². The van der Waals surface area contributed by atoms with Gasteiger partial charge in [-0.3, -0.25) is 4.98 Å². The van der Waals surface area contributed by atoms with E-state index in [4.69, 9.17) is 0 Å². The van der Waals surface area contributed by atoms with Crippen molar-refractivity contribution in [1.82, 2.24) is 4.98 Å². The summed E-state index contributed by atoms with van der Waals surface area (Å²) in [5.74, 6) is 0. The van der Waals surface area contributed by atoms with Gasteiger partial charge in [0.15, 0.2) is 0 Å². The summed E-state index contributed by atoms with van der Waals surface area (Å²) in [6.45, 7) is 9.07. The van der Waals surface area contributed by atoms with Crippen LogP contribution in [0.1, 0.15) is 39.3 Å². The van der Waals surface area contributed by atoms with Gasteiger partial charge in [0.05, 0.1) is 18.0 Å². The molecule has 0 amide bonds. The molecule has 0 radical (unpaired) electrons. The third kappa shape index (κ3) is 3.70. The minimum Gasteiger partial charge on any atom is -0.393 e. The van der Waals surface area contributed by atoms with E-state index in [9.17, 15) is 5.11 Å². The lowest BCUT2D eigenvalue weighted by Gasteiger charge is -2.37. The molecule has 1 N–H and O–H groups in total. The number of hydrogen-bond acceptors (Lipinski definition) is 3. The first-order chi connectivity index (χ1) is 8.16. The molecule has 2 rings (SSSR count). The maximum Gasteiger partial charge on any atom is 0.0576 e. The molecule has 1 aromatic rings. The van der Waals surface area contributed by atoms with Crippen molar-refractivity contribution in [1.29, 1.82) is 0 Å². The summed E-state index contributed by atoms with van der Waals surface area (Å²) in [5.41, 5.74) is 2.21. The maximum atomic E-state index is 9.55. The van der Waals surface area contributed by atoms with Gasteiger partial charge in [0.2, 0.25) is 0 Å². The Kier molecular flexibility index (Phi) is 5.42. The van der Waals surface area contributed by atoms with Gasteiger partial charge in [-0.25, -0.2) is 0 Å². The Morgan fingerprint density at radius 1 is 1.35 bits per heavy atom. The standard InChI is InChI=1S/C12H18N2O.C2H6/c1-9-3-4-11(8-13-9)14-6-5-12(15)7-10(14)2;1-2/h3-4,8,10,12,15H,5-7H2,1-2H3;1-2H3. The highest BCUT2D eigenvalue weighted by molar-refractivity contribution is 5.46. The number of hydrogen-bond donors (Lipinski definition) is 1. The monoisotopic (exact) mass is 236 g/mol. The number of aromatic nitrogens is 1. The molecule has 96 valence electrons. The molecule has 2 atom stereocenters. The highest BCUT2D eigenvalue weighted by atomic mass is 16.3. The molecule has 3 nitrogen and oxygen atoms in total. The fourth-order valence-corrected chi connectivity index (χ4v) is 2.16. The summed E-state index contributed by atoms with van der Waals surface area (Å²) in [7, 11) is 0. The lowest BCUT2D eigenvalue weighted by atomic mass is 10.0. The van der Waals surface area contributed by atoms with Crippen LogP contribution in [0.5, 0.6) is 0 Å². The second-order valence-corrected chi connectivity index (χ2v) is 4.38. The Labute approximate surface area is 104 Å². The number of nitrogens with zero attached hydrogens (tertiary/aromatic N) is 2. The molecule has 2 unspecified atom stereocenters. The summed E-state index contributed by atoms with van der Waals surface area (Å²) in [6, 6.07) is 4.54. The van der Waals surface area contributed by atoms with E-state index in [0.717, 1.165) is 25.1 Å². The number of rotatable bonds is 1. The van der Waals surface area contributed by atoms with Gasteiger partial charge >= 0.3 is 0 Å². The average Bonchev–Trinajstić information content (AvgIpc) is 2.33. The van der Waals surface area contributed by atoms with Crippen molar-refractivity contribution in [3.05, 3.63) is 24.0 Å². The van der Waals surface area contributed by atoms with Crippen molar-refractivity contribution in [3.63, 3.8) is 0 Å². The predicted octanol–water partition coefficient (Wildman–Crippen LogP) is 2.77. The fraction of sp³-hybridized carbons (Fsp3) is 0.643. The van der Waals surface area contributed by atoms with E-state index in [0.29, 0.717) is 6.04 Å². The molecule has 1 fully saturated rings. The first-order valence-electron chi connectivity index (χ1n) is 6.54. The molecule has 0 saturated carbocycles. The molecular formula is C14H24N2O. The van der Waals surface area contributed by atoms with Crippen molar-refractivity contribution in [2.24, 2.45) is 0 Å². The predicted molar refractivity (Wildman–Crippen MR) is 72.4 cm³/mol. The highest BCUT2D eigenvalue weighted by Gasteiger charge is 2.23. The minimum atomic E-state index is -0.130. The number of aliphatic hydroxyl groups is 1. The lowest BCUT2D eigenvalue weighted by molar-refractivity contribution is 0.131. The van der Waals surface area contributed by atoms with E-state index in [2.05, 4.69) is 22.9 Å². The Balaban J connectivity index is 0.000000686. The first kappa shape index (κ1) is 14.0. The second kappa shape index (κ2) is 6.60. The van der Waals surface area contributed by atoms with Gasteiger partial charge in [0.1, 0.15) is 0 Å². The minimum absolute atomic E-state index is 0.130. The Hall–Kier alpha value is -1.09. The summed E-state index contributed by atoms with van der Waals surface area (Å²) >= 11 is 0. The zero-order valence-electron chi connectivity index (χ0n) is 11.3. The van der Waals surface area contributed by atoms with Crippen molar-refractivity contribution in [2.75, 3.05) is 11.4 Å². The van der Waals surface area contributed by atoms with Crippen LogP contribution in [0.3, 0.4) is 0 Å². The molecule has 1 aromatic heterocycles. The number of aryl methyl sites for hydroxylation is 1. The van der Waals surface area contributed by atoms with E-state index in [1.165, 1.54) is 5.69 Å². The topological polar surface area (TPSA) is 36.4 Å². The van der Waals surface area contributed by atoms with Gasteiger partial charge in [0, 0.05) is 18.3 Å². The van der Waals surface area contributed by atoms with Crippen LogP contribution in [0.2, 0.25) is 0 Å². The van der Waals surface area contributed by atoms with Crippen LogP contribution in [0.25, 0.3) is 0 Å². The molecule has 1 aliphatic heterocycles.